The zero-order chi connectivity index (χ0) is 20.2. The van der Waals surface area contributed by atoms with Gasteiger partial charge in [0.15, 0.2) is 0 Å². The van der Waals surface area contributed by atoms with Gasteiger partial charge in [0.05, 0.1) is 13.2 Å². The Hall–Kier alpha value is -3.47. The van der Waals surface area contributed by atoms with Crippen LogP contribution in [0.25, 0.3) is 11.1 Å². The van der Waals surface area contributed by atoms with E-state index in [-0.39, 0.29) is 5.91 Å². The van der Waals surface area contributed by atoms with Gasteiger partial charge in [0, 0.05) is 25.4 Å². The Balaban J connectivity index is 1.58. The number of benzene rings is 2. The number of carbonyl (C=O) groups is 1. The molecule has 0 N–H and O–H groups in total. The molecule has 0 spiro atoms. The van der Waals surface area contributed by atoms with E-state index in [4.69, 9.17) is 4.74 Å². The number of fused-ring (bicyclic) bond motifs is 1. The molecule has 1 aromatic heterocycles. The van der Waals surface area contributed by atoms with E-state index in [9.17, 15) is 4.79 Å². The van der Waals surface area contributed by atoms with E-state index in [0.29, 0.717) is 31.3 Å². The lowest BCUT2D eigenvalue weighted by atomic mass is 10.0. The maximum atomic E-state index is 13.0. The van der Waals surface area contributed by atoms with Gasteiger partial charge in [-0.25, -0.2) is 4.98 Å². The van der Waals surface area contributed by atoms with Crippen LogP contribution in [0.3, 0.4) is 0 Å². The van der Waals surface area contributed by atoms with Gasteiger partial charge in [0.2, 0.25) is 5.88 Å². The molecule has 0 radical (unpaired) electrons. The summed E-state index contributed by atoms with van der Waals surface area (Å²) in [5.74, 6) is 0.342. The molecule has 0 saturated carbocycles. The highest BCUT2D eigenvalue weighted by atomic mass is 16.5. The lowest BCUT2D eigenvalue weighted by Gasteiger charge is -2.19. The molecule has 146 valence electrons. The van der Waals surface area contributed by atoms with E-state index in [2.05, 4.69) is 22.1 Å². The summed E-state index contributed by atoms with van der Waals surface area (Å²) in [6, 6.07) is 19.7. The smallest absolute Gasteiger partial charge is 0.272 e. The van der Waals surface area contributed by atoms with Crippen molar-refractivity contribution in [3.05, 3.63) is 83.0 Å². The van der Waals surface area contributed by atoms with Crippen LogP contribution in [-0.2, 0) is 13.1 Å². The summed E-state index contributed by atoms with van der Waals surface area (Å²) in [5, 5.41) is 0. The van der Waals surface area contributed by atoms with Crippen LogP contribution in [0.15, 0.2) is 65.7 Å². The molecule has 5 nitrogen and oxygen atoms in total. The average Bonchev–Trinajstić information content (AvgIpc) is 3.24. The van der Waals surface area contributed by atoms with Crippen molar-refractivity contribution in [1.29, 1.82) is 0 Å². The van der Waals surface area contributed by atoms with Crippen LogP contribution in [-0.4, -0.2) is 35.7 Å². The molecule has 0 unspecified atom stereocenters. The Labute approximate surface area is 170 Å². The van der Waals surface area contributed by atoms with E-state index in [1.165, 1.54) is 5.56 Å². The third-order valence-corrected chi connectivity index (χ3v) is 4.99. The van der Waals surface area contributed by atoms with Gasteiger partial charge >= 0.3 is 0 Å². The van der Waals surface area contributed by atoms with Gasteiger partial charge in [-0.1, -0.05) is 48.5 Å². The predicted molar refractivity (Wildman–Crippen MR) is 114 cm³/mol. The van der Waals surface area contributed by atoms with E-state index in [1.54, 1.807) is 18.0 Å². The number of rotatable bonds is 6. The first-order valence-corrected chi connectivity index (χ1v) is 9.72. The van der Waals surface area contributed by atoms with Gasteiger partial charge < -0.3 is 9.64 Å². The van der Waals surface area contributed by atoms with Gasteiger partial charge in [-0.05, 0) is 41.3 Å². The van der Waals surface area contributed by atoms with Crippen LogP contribution in [0.4, 0.5) is 0 Å². The molecule has 1 aliphatic rings. The van der Waals surface area contributed by atoms with E-state index >= 15 is 0 Å². The molecular formula is C24H23N3O2. The van der Waals surface area contributed by atoms with E-state index in [1.807, 2.05) is 55.6 Å². The van der Waals surface area contributed by atoms with Crippen molar-refractivity contribution in [3.8, 4) is 17.0 Å². The largest absolute Gasteiger partial charge is 0.478 e. The topological polar surface area (TPSA) is 54.8 Å². The lowest BCUT2D eigenvalue weighted by molar-refractivity contribution is 0.0778. The molecule has 0 saturated heterocycles. The van der Waals surface area contributed by atoms with Gasteiger partial charge in [-0.15, -0.1) is 0 Å². The SMILES string of the molecule is CCOc1nc(C(=O)N(C)Cc2cccc3c2CN=C3)ccc1-c1ccccc1. The van der Waals surface area contributed by atoms with Gasteiger partial charge in [-0.3, -0.25) is 9.79 Å². The summed E-state index contributed by atoms with van der Waals surface area (Å²) in [6.45, 7) is 3.58. The molecular weight excluding hydrogens is 362 g/mol. The fourth-order valence-corrected chi connectivity index (χ4v) is 3.52. The van der Waals surface area contributed by atoms with Crippen molar-refractivity contribution >= 4 is 12.1 Å². The molecule has 3 aromatic rings. The Morgan fingerprint density at radius 2 is 1.90 bits per heavy atom. The number of pyridine rings is 1. The number of carbonyl (C=O) groups excluding carboxylic acids is 1. The molecule has 29 heavy (non-hydrogen) atoms. The Morgan fingerprint density at radius 3 is 2.69 bits per heavy atom. The van der Waals surface area contributed by atoms with Crippen molar-refractivity contribution in [2.45, 2.75) is 20.0 Å². The van der Waals surface area contributed by atoms with Crippen molar-refractivity contribution in [2.75, 3.05) is 13.7 Å². The molecule has 2 heterocycles. The molecule has 2 aromatic carbocycles. The number of nitrogens with zero attached hydrogens (tertiary/aromatic N) is 3. The third-order valence-electron chi connectivity index (χ3n) is 4.99. The summed E-state index contributed by atoms with van der Waals surface area (Å²) < 4.78 is 5.74. The summed E-state index contributed by atoms with van der Waals surface area (Å²) in [4.78, 5) is 23.6. The van der Waals surface area contributed by atoms with Crippen LogP contribution in [0.1, 0.15) is 34.1 Å². The molecule has 0 atom stereocenters. The second kappa shape index (κ2) is 8.27. The molecule has 0 aliphatic carbocycles. The minimum Gasteiger partial charge on any atom is -0.478 e. The molecule has 1 amide bonds. The molecule has 0 fully saturated rings. The van der Waals surface area contributed by atoms with Crippen LogP contribution >= 0.6 is 0 Å². The Kier molecular flexibility index (Phi) is 5.38. The second-order valence-electron chi connectivity index (χ2n) is 6.96. The van der Waals surface area contributed by atoms with Crippen LogP contribution in [0, 0.1) is 0 Å². The first kappa shape index (κ1) is 18.9. The first-order valence-electron chi connectivity index (χ1n) is 9.72. The van der Waals surface area contributed by atoms with Gasteiger partial charge in [0.25, 0.3) is 5.91 Å². The van der Waals surface area contributed by atoms with Crippen LogP contribution in [0.5, 0.6) is 5.88 Å². The summed E-state index contributed by atoms with van der Waals surface area (Å²) in [5.41, 5.74) is 5.70. The van der Waals surface area contributed by atoms with E-state index in [0.717, 1.165) is 22.3 Å². The highest BCUT2D eigenvalue weighted by Gasteiger charge is 2.19. The molecule has 1 aliphatic heterocycles. The number of aliphatic imine (C=N–C) groups is 1. The lowest BCUT2D eigenvalue weighted by Crippen LogP contribution is -2.27. The molecule has 4 rings (SSSR count). The highest BCUT2D eigenvalue weighted by Crippen LogP contribution is 2.29. The monoisotopic (exact) mass is 385 g/mol. The zero-order valence-electron chi connectivity index (χ0n) is 16.6. The van der Waals surface area contributed by atoms with Crippen molar-refractivity contribution in [1.82, 2.24) is 9.88 Å². The van der Waals surface area contributed by atoms with Crippen molar-refractivity contribution in [2.24, 2.45) is 4.99 Å². The predicted octanol–water partition coefficient (Wildman–Crippen LogP) is 4.35. The summed E-state index contributed by atoms with van der Waals surface area (Å²) in [6.07, 6.45) is 1.89. The third kappa shape index (κ3) is 3.90. The van der Waals surface area contributed by atoms with E-state index < -0.39 is 0 Å². The number of hydrogen-bond donors (Lipinski definition) is 0. The first-order chi connectivity index (χ1) is 14.2. The fourth-order valence-electron chi connectivity index (χ4n) is 3.52. The minimum atomic E-state index is -0.137. The van der Waals surface area contributed by atoms with Crippen molar-refractivity contribution in [3.63, 3.8) is 0 Å². The molecule has 0 bridgehead atoms. The second-order valence-corrected chi connectivity index (χ2v) is 6.96. The minimum absolute atomic E-state index is 0.137. The number of aromatic nitrogens is 1. The standard InChI is InChI=1S/C24H23N3O2/c1-3-29-23-20(17-8-5-4-6-9-17)12-13-22(26-23)24(28)27(2)16-19-11-7-10-18-14-25-15-21(18)19/h4-14H,3,15-16H2,1-2H3. The number of ether oxygens (including phenoxy) is 1. The van der Waals surface area contributed by atoms with Crippen LogP contribution in [0.2, 0.25) is 0 Å². The van der Waals surface area contributed by atoms with Gasteiger partial charge in [0.1, 0.15) is 5.69 Å². The summed E-state index contributed by atoms with van der Waals surface area (Å²) >= 11 is 0. The maximum absolute atomic E-state index is 13.0. The fraction of sp³-hybridized carbons (Fsp3) is 0.208. The molecule has 5 heteroatoms. The Morgan fingerprint density at radius 1 is 1.07 bits per heavy atom. The van der Waals surface area contributed by atoms with Crippen LogP contribution < -0.4 is 4.74 Å². The van der Waals surface area contributed by atoms with Crippen molar-refractivity contribution < 1.29 is 9.53 Å². The Bertz CT molecular complexity index is 1060. The normalized spacial score (nSPS) is 11.9. The quantitative estimate of drug-likeness (QED) is 0.634. The number of amides is 1. The van der Waals surface area contributed by atoms with Gasteiger partial charge in [-0.2, -0.15) is 0 Å². The zero-order valence-corrected chi connectivity index (χ0v) is 16.6. The summed E-state index contributed by atoms with van der Waals surface area (Å²) in [7, 11) is 1.80. The highest BCUT2D eigenvalue weighted by molar-refractivity contribution is 5.93. The number of hydrogen-bond acceptors (Lipinski definition) is 4. The average molecular weight is 385 g/mol. The maximum Gasteiger partial charge on any atom is 0.272 e.